The summed E-state index contributed by atoms with van der Waals surface area (Å²) in [5, 5.41) is 11.7. The van der Waals surface area contributed by atoms with Crippen molar-refractivity contribution in [2.24, 2.45) is 5.92 Å². The molecule has 2 aromatic carbocycles. The molecule has 0 unspecified atom stereocenters. The molecule has 1 amide bonds. The van der Waals surface area contributed by atoms with Gasteiger partial charge in [0.25, 0.3) is 5.91 Å². The molecule has 27 heavy (non-hydrogen) atoms. The molecule has 0 saturated carbocycles. The van der Waals surface area contributed by atoms with Gasteiger partial charge in [0.2, 0.25) is 0 Å². The molecule has 2 heterocycles. The molecule has 4 rings (SSSR count). The lowest BCUT2D eigenvalue weighted by molar-refractivity contribution is 0.0462. The molecule has 4 heteroatoms. The third kappa shape index (κ3) is 3.37. The number of nitrogens with one attached hydrogen (secondary N) is 1. The highest BCUT2D eigenvalue weighted by Crippen LogP contribution is 2.31. The Hall–Kier alpha value is -2.59. The first-order valence-electron chi connectivity index (χ1n) is 9.66. The lowest BCUT2D eigenvalue weighted by Gasteiger charge is -2.34. The number of hydrogen-bond acceptors (Lipinski definition) is 2. The number of likely N-dealkylation sites (tertiary alicyclic amines) is 1. The Morgan fingerprint density at radius 1 is 1.11 bits per heavy atom. The summed E-state index contributed by atoms with van der Waals surface area (Å²) in [6, 6.07) is 15.7. The van der Waals surface area contributed by atoms with Crippen LogP contribution in [0.2, 0.25) is 0 Å². The van der Waals surface area contributed by atoms with E-state index in [2.05, 4.69) is 18.8 Å². The van der Waals surface area contributed by atoms with E-state index in [-0.39, 0.29) is 11.8 Å². The number of hydrogen-bond donors (Lipinski definition) is 2. The number of aromatic amines is 1. The van der Waals surface area contributed by atoms with E-state index < -0.39 is 6.10 Å². The summed E-state index contributed by atoms with van der Waals surface area (Å²) < 4.78 is 0. The molecule has 1 aliphatic rings. The highest BCUT2D eigenvalue weighted by atomic mass is 16.3. The van der Waals surface area contributed by atoms with Crippen molar-refractivity contribution in [1.82, 2.24) is 9.88 Å². The first-order chi connectivity index (χ1) is 13.0. The first kappa shape index (κ1) is 17.8. The quantitative estimate of drug-likeness (QED) is 0.727. The summed E-state index contributed by atoms with van der Waals surface area (Å²) in [5.74, 6) is 0.288. The van der Waals surface area contributed by atoms with Gasteiger partial charge in [0.05, 0.1) is 6.10 Å². The summed E-state index contributed by atoms with van der Waals surface area (Å²) in [7, 11) is 0. The summed E-state index contributed by atoms with van der Waals surface area (Å²) in [5.41, 5.74) is 5.12. The SMILES string of the molecule is Cc1[nH]c2ccc(C(=O)N3CCC([C@H](O)c4ccccc4)CC3)cc2c1C. The van der Waals surface area contributed by atoms with E-state index in [9.17, 15) is 9.90 Å². The molecule has 1 saturated heterocycles. The number of carbonyl (C=O) groups excluding carboxylic acids is 1. The van der Waals surface area contributed by atoms with E-state index in [0.29, 0.717) is 13.1 Å². The average molecular weight is 362 g/mol. The molecule has 0 spiro atoms. The number of fused-ring (bicyclic) bond motifs is 1. The number of nitrogens with zero attached hydrogens (tertiary/aromatic N) is 1. The predicted octanol–water partition coefficient (Wildman–Crippen LogP) is 4.37. The minimum absolute atomic E-state index is 0.0859. The normalized spacial score (nSPS) is 16.6. The highest BCUT2D eigenvalue weighted by molar-refractivity contribution is 5.99. The van der Waals surface area contributed by atoms with Crippen LogP contribution in [0.15, 0.2) is 48.5 Å². The van der Waals surface area contributed by atoms with E-state index >= 15 is 0 Å². The lowest BCUT2D eigenvalue weighted by Crippen LogP contribution is -2.39. The number of aliphatic hydroxyl groups excluding tert-OH is 1. The van der Waals surface area contributed by atoms with Crippen LogP contribution in [0.25, 0.3) is 10.9 Å². The fourth-order valence-electron chi connectivity index (χ4n) is 4.12. The zero-order chi connectivity index (χ0) is 19.0. The number of rotatable bonds is 3. The van der Waals surface area contributed by atoms with E-state index in [1.807, 2.05) is 53.4 Å². The van der Waals surface area contributed by atoms with Crippen molar-refractivity contribution in [3.05, 3.63) is 70.9 Å². The number of aryl methyl sites for hydroxylation is 2. The minimum atomic E-state index is -0.453. The largest absolute Gasteiger partial charge is 0.388 e. The zero-order valence-electron chi connectivity index (χ0n) is 15.9. The van der Waals surface area contributed by atoms with E-state index in [1.165, 1.54) is 5.56 Å². The fraction of sp³-hybridized carbons (Fsp3) is 0.348. The van der Waals surface area contributed by atoms with Crippen molar-refractivity contribution in [2.45, 2.75) is 32.8 Å². The first-order valence-corrected chi connectivity index (χ1v) is 9.66. The van der Waals surface area contributed by atoms with Gasteiger partial charge in [-0.15, -0.1) is 0 Å². The van der Waals surface area contributed by atoms with Crippen molar-refractivity contribution in [1.29, 1.82) is 0 Å². The van der Waals surface area contributed by atoms with E-state index in [4.69, 9.17) is 0 Å². The Balaban J connectivity index is 1.45. The van der Waals surface area contributed by atoms with Crippen LogP contribution in [0.5, 0.6) is 0 Å². The van der Waals surface area contributed by atoms with Crippen LogP contribution in [0, 0.1) is 19.8 Å². The highest BCUT2D eigenvalue weighted by Gasteiger charge is 2.28. The number of benzene rings is 2. The summed E-state index contributed by atoms with van der Waals surface area (Å²) >= 11 is 0. The van der Waals surface area contributed by atoms with Crippen LogP contribution >= 0.6 is 0 Å². The van der Waals surface area contributed by atoms with E-state index in [0.717, 1.165) is 40.6 Å². The molecule has 1 fully saturated rings. The third-order valence-electron chi connectivity index (χ3n) is 5.97. The number of aromatic nitrogens is 1. The number of aliphatic hydroxyl groups is 1. The molecule has 1 aromatic heterocycles. The van der Waals surface area contributed by atoms with Gasteiger partial charge in [0.1, 0.15) is 0 Å². The molecule has 4 nitrogen and oxygen atoms in total. The van der Waals surface area contributed by atoms with Gasteiger partial charge < -0.3 is 15.0 Å². The predicted molar refractivity (Wildman–Crippen MR) is 108 cm³/mol. The maximum Gasteiger partial charge on any atom is 0.253 e. The second kappa shape index (κ2) is 7.20. The Bertz CT molecular complexity index is 953. The Kier molecular flexibility index (Phi) is 4.75. The second-order valence-corrected chi connectivity index (χ2v) is 7.62. The van der Waals surface area contributed by atoms with E-state index in [1.54, 1.807) is 0 Å². The van der Waals surface area contributed by atoms with Gasteiger partial charge in [-0.1, -0.05) is 30.3 Å². The molecular weight excluding hydrogens is 336 g/mol. The standard InChI is InChI=1S/C23H26N2O2/c1-15-16(2)24-21-9-8-19(14-20(15)21)23(27)25-12-10-18(11-13-25)22(26)17-6-4-3-5-7-17/h3-9,14,18,22,24,26H,10-13H2,1-2H3/t22-/m1/s1. The average Bonchev–Trinajstić information content (AvgIpc) is 3.01. The number of carbonyl (C=O) groups is 1. The van der Waals surface area contributed by atoms with Crippen LogP contribution in [0.1, 0.15) is 46.1 Å². The third-order valence-corrected chi connectivity index (χ3v) is 5.97. The topological polar surface area (TPSA) is 56.3 Å². The van der Waals surface area contributed by atoms with Crippen LogP contribution in [0.4, 0.5) is 0 Å². The number of piperidine rings is 1. The van der Waals surface area contributed by atoms with Gasteiger partial charge in [-0.05, 0) is 61.9 Å². The zero-order valence-corrected chi connectivity index (χ0v) is 15.9. The van der Waals surface area contributed by atoms with Gasteiger partial charge in [-0.3, -0.25) is 4.79 Å². The number of amides is 1. The molecule has 0 radical (unpaired) electrons. The van der Waals surface area contributed by atoms with Crippen molar-refractivity contribution < 1.29 is 9.90 Å². The molecule has 140 valence electrons. The fourth-order valence-corrected chi connectivity index (χ4v) is 4.12. The molecule has 1 aliphatic heterocycles. The van der Waals surface area contributed by atoms with Crippen LogP contribution in [-0.4, -0.2) is 34.0 Å². The maximum absolute atomic E-state index is 13.0. The van der Waals surface area contributed by atoms with Gasteiger partial charge in [-0.2, -0.15) is 0 Å². The Morgan fingerprint density at radius 2 is 1.81 bits per heavy atom. The number of H-pyrrole nitrogens is 1. The van der Waals surface area contributed by atoms with Gasteiger partial charge in [0.15, 0.2) is 0 Å². The molecule has 0 aliphatic carbocycles. The smallest absolute Gasteiger partial charge is 0.253 e. The minimum Gasteiger partial charge on any atom is -0.388 e. The van der Waals surface area contributed by atoms with Crippen LogP contribution in [-0.2, 0) is 0 Å². The van der Waals surface area contributed by atoms with Crippen LogP contribution < -0.4 is 0 Å². The van der Waals surface area contributed by atoms with Crippen LogP contribution in [0.3, 0.4) is 0 Å². The van der Waals surface area contributed by atoms with Crippen molar-refractivity contribution in [3.63, 3.8) is 0 Å². The summed E-state index contributed by atoms with van der Waals surface area (Å²) in [6.07, 6.45) is 1.20. The van der Waals surface area contributed by atoms with Crippen molar-refractivity contribution >= 4 is 16.8 Å². The van der Waals surface area contributed by atoms with Gasteiger partial charge in [-0.25, -0.2) is 0 Å². The van der Waals surface area contributed by atoms with Gasteiger partial charge in [0, 0.05) is 35.2 Å². The molecule has 1 atom stereocenters. The monoisotopic (exact) mass is 362 g/mol. The van der Waals surface area contributed by atoms with Gasteiger partial charge >= 0.3 is 0 Å². The van der Waals surface area contributed by atoms with Crippen molar-refractivity contribution in [3.8, 4) is 0 Å². The molecule has 2 N–H and O–H groups in total. The molecular formula is C23H26N2O2. The molecule has 3 aromatic rings. The Morgan fingerprint density at radius 3 is 2.52 bits per heavy atom. The Labute approximate surface area is 159 Å². The maximum atomic E-state index is 13.0. The summed E-state index contributed by atoms with van der Waals surface area (Å²) in [4.78, 5) is 18.2. The second-order valence-electron chi connectivity index (χ2n) is 7.62. The molecule has 0 bridgehead atoms. The lowest BCUT2D eigenvalue weighted by atomic mass is 9.87. The summed E-state index contributed by atoms with van der Waals surface area (Å²) in [6.45, 7) is 5.52. The van der Waals surface area contributed by atoms with Crippen molar-refractivity contribution in [2.75, 3.05) is 13.1 Å².